The number of fused-ring (bicyclic) bond motifs is 1. The maximum atomic E-state index is 5.78. The Labute approximate surface area is 107 Å². The van der Waals surface area contributed by atoms with Crippen molar-refractivity contribution in [3.05, 3.63) is 28.7 Å². The molecule has 0 radical (unpaired) electrons. The van der Waals surface area contributed by atoms with E-state index in [9.17, 15) is 0 Å². The van der Waals surface area contributed by atoms with Crippen LogP contribution in [0.1, 0.15) is 5.69 Å². The fourth-order valence-electron chi connectivity index (χ4n) is 1.71. The average Bonchev–Trinajstić information content (AvgIpc) is 3.02. The van der Waals surface area contributed by atoms with Gasteiger partial charge in [0, 0.05) is 18.3 Å². The highest BCUT2D eigenvalue weighted by molar-refractivity contribution is 7.07. The molecule has 3 N–H and O–H groups in total. The molecule has 0 spiro atoms. The molecule has 0 aliphatic heterocycles. The van der Waals surface area contributed by atoms with Gasteiger partial charge >= 0.3 is 0 Å². The molecule has 6 nitrogen and oxygen atoms in total. The lowest BCUT2D eigenvalue weighted by atomic mass is 10.2. The summed E-state index contributed by atoms with van der Waals surface area (Å²) in [6.45, 7) is 0.773. The van der Waals surface area contributed by atoms with Crippen LogP contribution in [0.5, 0.6) is 0 Å². The zero-order chi connectivity index (χ0) is 12.4. The van der Waals surface area contributed by atoms with Crippen molar-refractivity contribution in [3.63, 3.8) is 0 Å². The number of nitrogens with zero attached hydrogens (tertiary/aromatic N) is 3. The second-order valence-corrected chi connectivity index (χ2v) is 4.54. The molecular formula is C11H11N5OS. The summed E-state index contributed by atoms with van der Waals surface area (Å²) in [5, 5.41) is 13.0. The summed E-state index contributed by atoms with van der Waals surface area (Å²) < 4.78 is 4.71. The highest BCUT2D eigenvalue weighted by Crippen LogP contribution is 2.24. The molecule has 0 saturated carbocycles. The highest BCUT2D eigenvalue weighted by Gasteiger charge is 2.09. The van der Waals surface area contributed by atoms with Gasteiger partial charge in [-0.15, -0.1) is 11.3 Å². The van der Waals surface area contributed by atoms with Crippen LogP contribution in [-0.2, 0) is 6.42 Å². The maximum Gasteiger partial charge on any atom is 0.160 e. The molecule has 3 aromatic rings. The third-order valence-corrected chi connectivity index (χ3v) is 3.26. The van der Waals surface area contributed by atoms with Gasteiger partial charge in [0.2, 0.25) is 0 Å². The lowest BCUT2D eigenvalue weighted by Gasteiger charge is -2.05. The predicted molar refractivity (Wildman–Crippen MR) is 70.5 cm³/mol. The lowest BCUT2D eigenvalue weighted by Crippen LogP contribution is -2.05. The molecule has 18 heavy (non-hydrogen) atoms. The fraction of sp³-hybridized carbons (Fsp3) is 0.182. The van der Waals surface area contributed by atoms with Gasteiger partial charge in [-0.2, -0.15) is 0 Å². The summed E-state index contributed by atoms with van der Waals surface area (Å²) in [7, 11) is 0. The molecular weight excluding hydrogens is 250 g/mol. The summed E-state index contributed by atoms with van der Waals surface area (Å²) in [4.78, 5) is 4.23. The number of hydrogen-bond donors (Lipinski definition) is 2. The summed E-state index contributed by atoms with van der Waals surface area (Å²) in [5.41, 5.74) is 11.4. The molecule has 0 saturated heterocycles. The first-order chi connectivity index (χ1) is 8.84. The molecule has 0 aliphatic rings. The van der Waals surface area contributed by atoms with Gasteiger partial charge in [-0.05, 0) is 22.4 Å². The molecule has 0 bridgehead atoms. The van der Waals surface area contributed by atoms with Gasteiger partial charge in [0.1, 0.15) is 0 Å². The van der Waals surface area contributed by atoms with Gasteiger partial charge in [-0.3, -0.25) is 0 Å². The van der Waals surface area contributed by atoms with E-state index in [2.05, 4.69) is 20.6 Å². The van der Waals surface area contributed by atoms with Gasteiger partial charge in [0.15, 0.2) is 11.0 Å². The molecule has 3 rings (SSSR count). The van der Waals surface area contributed by atoms with E-state index in [1.54, 1.807) is 17.4 Å². The van der Waals surface area contributed by atoms with Crippen molar-refractivity contribution in [2.75, 3.05) is 17.6 Å². The molecule has 0 fully saturated rings. The Bertz CT molecular complexity index is 649. The van der Waals surface area contributed by atoms with Gasteiger partial charge in [0.25, 0.3) is 0 Å². The number of nitrogens with one attached hydrogen (secondary N) is 1. The van der Waals surface area contributed by atoms with Crippen molar-refractivity contribution >= 4 is 33.7 Å². The molecule has 92 valence electrons. The number of rotatable bonds is 4. The normalized spacial score (nSPS) is 10.9. The number of thiazole rings is 1. The lowest BCUT2D eigenvalue weighted by molar-refractivity contribution is 0.316. The summed E-state index contributed by atoms with van der Waals surface area (Å²) >= 11 is 1.60. The van der Waals surface area contributed by atoms with E-state index in [4.69, 9.17) is 10.4 Å². The summed E-state index contributed by atoms with van der Waals surface area (Å²) in [6, 6.07) is 3.67. The predicted octanol–water partition coefficient (Wildman–Crippen LogP) is 1.92. The first-order valence-electron chi connectivity index (χ1n) is 5.46. The number of hydrogen-bond acceptors (Lipinski definition) is 7. The molecule has 2 heterocycles. The van der Waals surface area contributed by atoms with Crippen LogP contribution in [-0.4, -0.2) is 21.8 Å². The topological polar surface area (TPSA) is 89.9 Å². The molecule has 2 aromatic heterocycles. The Balaban J connectivity index is 1.75. The van der Waals surface area contributed by atoms with Crippen molar-refractivity contribution in [3.8, 4) is 0 Å². The Morgan fingerprint density at radius 1 is 1.28 bits per heavy atom. The second-order valence-electron chi connectivity index (χ2n) is 3.82. The van der Waals surface area contributed by atoms with E-state index in [0.29, 0.717) is 16.7 Å². The molecule has 0 aliphatic carbocycles. The van der Waals surface area contributed by atoms with Crippen LogP contribution in [0.4, 0.5) is 11.4 Å². The van der Waals surface area contributed by atoms with Crippen molar-refractivity contribution in [2.24, 2.45) is 0 Å². The second kappa shape index (κ2) is 4.61. The van der Waals surface area contributed by atoms with Crippen LogP contribution in [0.3, 0.4) is 0 Å². The minimum atomic E-state index is 0.566. The number of nitrogens with two attached hydrogens (primary N) is 1. The van der Waals surface area contributed by atoms with Crippen LogP contribution >= 0.6 is 11.3 Å². The zero-order valence-electron chi connectivity index (χ0n) is 9.46. The minimum Gasteiger partial charge on any atom is -0.397 e. The van der Waals surface area contributed by atoms with Gasteiger partial charge in [-0.25, -0.2) is 9.61 Å². The fourth-order valence-corrected chi connectivity index (χ4v) is 2.31. The maximum absolute atomic E-state index is 5.78. The van der Waals surface area contributed by atoms with Crippen LogP contribution < -0.4 is 11.1 Å². The smallest absolute Gasteiger partial charge is 0.160 e. The Morgan fingerprint density at radius 2 is 2.17 bits per heavy atom. The van der Waals surface area contributed by atoms with Gasteiger partial charge in [0.05, 0.1) is 22.6 Å². The molecule has 1 aromatic carbocycles. The largest absolute Gasteiger partial charge is 0.397 e. The minimum absolute atomic E-state index is 0.566. The van der Waals surface area contributed by atoms with E-state index in [-0.39, 0.29) is 0 Å². The van der Waals surface area contributed by atoms with E-state index >= 15 is 0 Å². The van der Waals surface area contributed by atoms with E-state index in [1.807, 2.05) is 17.0 Å². The van der Waals surface area contributed by atoms with Crippen LogP contribution in [0.2, 0.25) is 0 Å². The van der Waals surface area contributed by atoms with Crippen LogP contribution in [0.15, 0.2) is 27.7 Å². The van der Waals surface area contributed by atoms with E-state index < -0.39 is 0 Å². The number of anilines is 2. The number of nitrogen functional groups attached to an aromatic ring is 1. The number of aromatic nitrogens is 3. The van der Waals surface area contributed by atoms with E-state index in [0.717, 1.165) is 24.3 Å². The third-order valence-electron chi connectivity index (χ3n) is 2.63. The number of benzene rings is 1. The molecule has 0 atom stereocenters. The van der Waals surface area contributed by atoms with Crippen molar-refractivity contribution in [1.82, 2.24) is 15.3 Å². The Kier molecular flexibility index (Phi) is 2.81. The molecule has 0 amide bonds. The van der Waals surface area contributed by atoms with Crippen LogP contribution in [0.25, 0.3) is 11.0 Å². The van der Waals surface area contributed by atoms with Crippen molar-refractivity contribution in [1.29, 1.82) is 0 Å². The third kappa shape index (κ3) is 2.00. The van der Waals surface area contributed by atoms with Crippen LogP contribution in [0, 0.1) is 0 Å². The summed E-state index contributed by atoms with van der Waals surface area (Å²) in [6.07, 6.45) is 0.862. The average molecular weight is 261 g/mol. The standard InChI is InChI=1S/C11H11N5OS/c12-8-1-2-9(11-10(8)15-17-16-11)13-4-3-7-5-18-6-14-7/h1-2,5-6,13H,3-4,12H2. The molecule has 0 unspecified atom stereocenters. The van der Waals surface area contributed by atoms with Gasteiger partial charge < -0.3 is 11.1 Å². The van der Waals surface area contributed by atoms with E-state index in [1.165, 1.54) is 0 Å². The first kappa shape index (κ1) is 11.0. The highest BCUT2D eigenvalue weighted by atomic mass is 32.1. The summed E-state index contributed by atoms with van der Waals surface area (Å²) in [5.74, 6) is 0. The Morgan fingerprint density at radius 3 is 3.00 bits per heavy atom. The van der Waals surface area contributed by atoms with Gasteiger partial charge in [-0.1, -0.05) is 0 Å². The monoisotopic (exact) mass is 261 g/mol. The zero-order valence-corrected chi connectivity index (χ0v) is 10.3. The SMILES string of the molecule is Nc1ccc(NCCc2cscn2)c2nonc12. The van der Waals surface area contributed by atoms with Crippen molar-refractivity contribution < 1.29 is 4.63 Å². The molecule has 7 heteroatoms. The quantitative estimate of drug-likeness (QED) is 0.697. The Hall–Kier alpha value is -2.15. The van der Waals surface area contributed by atoms with Crippen molar-refractivity contribution in [2.45, 2.75) is 6.42 Å². The first-order valence-corrected chi connectivity index (χ1v) is 6.40.